The van der Waals surface area contributed by atoms with E-state index in [9.17, 15) is 4.39 Å². The van der Waals surface area contributed by atoms with Gasteiger partial charge in [-0.1, -0.05) is 17.7 Å². The lowest BCUT2D eigenvalue weighted by Gasteiger charge is -2.32. The van der Waals surface area contributed by atoms with Crippen LogP contribution in [0.25, 0.3) is 27.9 Å². The summed E-state index contributed by atoms with van der Waals surface area (Å²) in [4.78, 5) is 13.8. The van der Waals surface area contributed by atoms with Crippen LogP contribution in [0.15, 0.2) is 42.6 Å². The van der Waals surface area contributed by atoms with Crippen LogP contribution in [-0.2, 0) is 0 Å². The fourth-order valence-electron chi connectivity index (χ4n) is 4.37. The molecule has 1 fully saturated rings. The number of nitrogens with two attached hydrogens (primary N) is 1. The fraction of sp³-hybridized carbons (Fsp3) is 0.333. The van der Waals surface area contributed by atoms with Gasteiger partial charge in [-0.05, 0) is 50.3 Å². The van der Waals surface area contributed by atoms with Gasteiger partial charge in [-0.3, -0.25) is 4.40 Å². The molecule has 2 aromatic heterocycles. The lowest BCUT2D eigenvalue weighted by molar-refractivity contribution is 0.154. The number of nitrogen functional groups attached to an aromatic ring is 1. The summed E-state index contributed by atoms with van der Waals surface area (Å²) in [7, 11) is 2.17. The van der Waals surface area contributed by atoms with Crippen LogP contribution in [0.2, 0.25) is 5.02 Å². The highest BCUT2D eigenvalue weighted by molar-refractivity contribution is 6.33. The maximum absolute atomic E-state index is 14.7. The Morgan fingerprint density at radius 1 is 1.12 bits per heavy atom. The lowest BCUT2D eigenvalue weighted by atomic mass is 10.2. The Bertz CT molecular complexity index is 1280. The molecule has 0 saturated carbocycles. The van der Waals surface area contributed by atoms with E-state index >= 15 is 0 Å². The minimum atomic E-state index is -0.434. The SMILES string of the molecule is CN1CCN(CCCNc2ccc3nc(N)c4cnc(-c5c(F)cccc5Cl)n4c3c2)CC1. The molecular formula is C24H27ClFN7. The van der Waals surface area contributed by atoms with Crippen LogP contribution in [0.1, 0.15) is 6.42 Å². The topological polar surface area (TPSA) is 74.7 Å². The van der Waals surface area contributed by atoms with E-state index in [1.165, 1.54) is 6.07 Å². The average Bonchev–Trinajstić information content (AvgIpc) is 3.24. The predicted molar refractivity (Wildman–Crippen MR) is 132 cm³/mol. The summed E-state index contributed by atoms with van der Waals surface area (Å²) in [5.41, 5.74) is 9.50. The number of piperazine rings is 1. The van der Waals surface area contributed by atoms with Crippen molar-refractivity contribution in [3.05, 3.63) is 53.4 Å². The minimum absolute atomic E-state index is 0.247. The molecule has 1 aliphatic rings. The number of benzene rings is 2. The van der Waals surface area contributed by atoms with Crippen molar-refractivity contribution in [3.8, 4) is 11.4 Å². The van der Waals surface area contributed by atoms with Crippen molar-refractivity contribution in [1.82, 2.24) is 24.2 Å². The Labute approximate surface area is 197 Å². The molecule has 4 aromatic rings. The van der Waals surface area contributed by atoms with E-state index in [0.717, 1.165) is 56.9 Å². The van der Waals surface area contributed by atoms with Crippen LogP contribution >= 0.6 is 11.6 Å². The van der Waals surface area contributed by atoms with Gasteiger partial charge in [0.05, 0.1) is 27.8 Å². The first kappa shape index (κ1) is 21.9. The second-order valence-electron chi connectivity index (χ2n) is 8.52. The number of imidazole rings is 1. The number of fused-ring (bicyclic) bond motifs is 3. The van der Waals surface area contributed by atoms with Gasteiger partial charge in [0.25, 0.3) is 0 Å². The van der Waals surface area contributed by atoms with Gasteiger partial charge in [0, 0.05) is 38.4 Å². The van der Waals surface area contributed by atoms with E-state index in [-0.39, 0.29) is 5.56 Å². The zero-order valence-electron chi connectivity index (χ0n) is 18.6. The van der Waals surface area contributed by atoms with Crippen LogP contribution in [0.4, 0.5) is 15.9 Å². The van der Waals surface area contributed by atoms with Gasteiger partial charge in [-0.2, -0.15) is 0 Å². The second-order valence-corrected chi connectivity index (χ2v) is 8.93. The zero-order chi connectivity index (χ0) is 22.9. The molecule has 0 bridgehead atoms. The van der Waals surface area contributed by atoms with Crippen molar-refractivity contribution in [2.24, 2.45) is 0 Å². The monoisotopic (exact) mass is 467 g/mol. The summed E-state index contributed by atoms with van der Waals surface area (Å²) >= 11 is 6.34. The minimum Gasteiger partial charge on any atom is -0.385 e. The molecule has 2 aromatic carbocycles. The average molecular weight is 468 g/mol. The first-order chi connectivity index (χ1) is 16.0. The fourth-order valence-corrected chi connectivity index (χ4v) is 4.61. The third-order valence-corrected chi connectivity index (χ3v) is 6.56. The van der Waals surface area contributed by atoms with Gasteiger partial charge in [0.15, 0.2) is 0 Å². The normalized spacial score (nSPS) is 15.5. The Kier molecular flexibility index (Phi) is 6.05. The van der Waals surface area contributed by atoms with Crippen LogP contribution < -0.4 is 11.1 Å². The van der Waals surface area contributed by atoms with Crippen LogP contribution in [-0.4, -0.2) is 70.5 Å². The summed E-state index contributed by atoms with van der Waals surface area (Å²) in [6.45, 7) is 6.44. The Morgan fingerprint density at radius 3 is 2.73 bits per heavy atom. The molecule has 0 spiro atoms. The maximum Gasteiger partial charge on any atom is 0.150 e. The number of anilines is 2. The molecule has 1 saturated heterocycles. The van der Waals surface area contributed by atoms with Crippen LogP contribution in [0.5, 0.6) is 0 Å². The highest BCUT2D eigenvalue weighted by Crippen LogP contribution is 2.33. The largest absolute Gasteiger partial charge is 0.385 e. The first-order valence-electron chi connectivity index (χ1n) is 11.2. The third kappa shape index (κ3) is 4.34. The summed E-state index contributed by atoms with van der Waals surface area (Å²) in [5, 5.41) is 3.80. The Morgan fingerprint density at radius 2 is 1.94 bits per heavy atom. The molecule has 3 N–H and O–H groups in total. The number of likely N-dealkylation sites (N-methyl/N-ethyl adjacent to an activating group) is 1. The quantitative estimate of drug-likeness (QED) is 0.418. The molecule has 9 heteroatoms. The predicted octanol–water partition coefficient (Wildman–Crippen LogP) is 3.97. The number of rotatable bonds is 6. The number of nitrogens with one attached hydrogen (secondary N) is 1. The summed E-state index contributed by atoms with van der Waals surface area (Å²) < 4.78 is 16.5. The molecule has 3 heterocycles. The smallest absolute Gasteiger partial charge is 0.150 e. The lowest BCUT2D eigenvalue weighted by Crippen LogP contribution is -2.44. The van der Waals surface area contributed by atoms with E-state index in [1.807, 2.05) is 22.6 Å². The standard InChI is InChI=1S/C24H27ClFN7/c1-31-10-12-32(13-11-31)9-3-8-28-16-6-7-19-20(14-16)33-21(23(27)30-19)15-29-24(33)22-17(25)4-2-5-18(22)26/h2,4-7,14-15,28H,3,8-13H2,1H3,(H2,27,30). The number of nitrogens with zero attached hydrogens (tertiary/aromatic N) is 5. The first-order valence-corrected chi connectivity index (χ1v) is 11.5. The van der Waals surface area contributed by atoms with Crippen molar-refractivity contribution in [2.45, 2.75) is 6.42 Å². The Balaban J connectivity index is 1.43. The Hall–Kier alpha value is -2.94. The summed E-state index contributed by atoms with van der Waals surface area (Å²) in [6.07, 6.45) is 2.66. The van der Waals surface area contributed by atoms with E-state index in [2.05, 4.69) is 32.1 Å². The molecule has 1 aliphatic heterocycles. The van der Waals surface area contributed by atoms with E-state index < -0.39 is 5.82 Å². The molecule has 172 valence electrons. The van der Waals surface area contributed by atoms with Crippen molar-refractivity contribution in [2.75, 3.05) is 57.4 Å². The van der Waals surface area contributed by atoms with Crippen molar-refractivity contribution >= 4 is 39.7 Å². The molecule has 0 radical (unpaired) electrons. The molecule has 33 heavy (non-hydrogen) atoms. The van der Waals surface area contributed by atoms with Gasteiger partial charge in [0.2, 0.25) is 0 Å². The van der Waals surface area contributed by atoms with Crippen molar-refractivity contribution in [1.29, 1.82) is 0 Å². The van der Waals surface area contributed by atoms with E-state index in [4.69, 9.17) is 17.3 Å². The highest BCUT2D eigenvalue weighted by atomic mass is 35.5. The molecule has 7 nitrogen and oxygen atoms in total. The van der Waals surface area contributed by atoms with Crippen molar-refractivity contribution < 1.29 is 4.39 Å². The van der Waals surface area contributed by atoms with E-state index in [0.29, 0.717) is 27.7 Å². The van der Waals surface area contributed by atoms with Gasteiger partial charge in [0.1, 0.15) is 23.0 Å². The number of aromatic nitrogens is 3. The molecule has 0 atom stereocenters. The number of hydrogen-bond donors (Lipinski definition) is 2. The third-order valence-electron chi connectivity index (χ3n) is 6.24. The summed E-state index contributed by atoms with van der Waals surface area (Å²) in [5.74, 6) is 0.303. The van der Waals surface area contributed by atoms with Crippen LogP contribution in [0.3, 0.4) is 0 Å². The second kappa shape index (κ2) is 9.13. The highest BCUT2D eigenvalue weighted by Gasteiger charge is 2.19. The number of halogens is 2. The van der Waals surface area contributed by atoms with Crippen molar-refractivity contribution in [3.63, 3.8) is 0 Å². The van der Waals surface area contributed by atoms with Gasteiger partial charge in [-0.15, -0.1) is 0 Å². The van der Waals surface area contributed by atoms with E-state index in [1.54, 1.807) is 18.3 Å². The number of hydrogen-bond acceptors (Lipinski definition) is 6. The maximum atomic E-state index is 14.7. The molecule has 0 aliphatic carbocycles. The van der Waals surface area contributed by atoms with Gasteiger partial charge in [-0.25, -0.2) is 14.4 Å². The molecule has 0 unspecified atom stereocenters. The molecule has 0 amide bonds. The van der Waals surface area contributed by atoms with Crippen LogP contribution in [0, 0.1) is 5.82 Å². The molecular weight excluding hydrogens is 441 g/mol. The summed E-state index contributed by atoms with van der Waals surface area (Å²) in [6, 6.07) is 10.5. The van der Waals surface area contributed by atoms with Gasteiger partial charge < -0.3 is 20.9 Å². The zero-order valence-corrected chi connectivity index (χ0v) is 19.3. The van der Waals surface area contributed by atoms with Gasteiger partial charge >= 0.3 is 0 Å². The molecule has 5 rings (SSSR count).